The van der Waals surface area contributed by atoms with E-state index in [1.165, 1.54) is 12.1 Å². The van der Waals surface area contributed by atoms with E-state index in [1.807, 2.05) is 6.20 Å². The Morgan fingerprint density at radius 1 is 1.47 bits per heavy atom. The van der Waals surface area contributed by atoms with Crippen molar-refractivity contribution in [1.82, 2.24) is 4.98 Å². The number of aromatic amines is 1. The van der Waals surface area contributed by atoms with Gasteiger partial charge in [-0.1, -0.05) is 5.11 Å². The Kier molecular flexibility index (Phi) is 2.56. The van der Waals surface area contributed by atoms with E-state index in [0.717, 1.165) is 16.5 Å². The molecule has 1 N–H and O–H groups in total. The van der Waals surface area contributed by atoms with Gasteiger partial charge in [-0.05, 0) is 35.7 Å². The van der Waals surface area contributed by atoms with Gasteiger partial charge in [0.15, 0.2) is 0 Å². The summed E-state index contributed by atoms with van der Waals surface area (Å²) >= 11 is 0. The Labute approximate surface area is 85.4 Å². The number of fused-ring (bicyclic) bond motifs is 1. The number of azide groups is 1. The van der Waals surface area contributed by atoms with Crippen molar-refractivity contribution < 1.29 is 4.39 Å². The van der Waals surface area contributed by atoms with Gasteiger partial charge in [0.05, 0.1) is 0 Å². The number of nitrogens with one attached hydrogen (secondary N) is 1. The van der Waals surface area contributed by atoms with Crippen molar-refractivity contribution in [3.8, 4) is 0 Å². The summed E-state index contributed by atoms with van der Waals surface area (Å²) in [5, 5.41) is 4.44. The Bertz CT molecular complexity index is 525. The molecule has 76 valence electrons. The highest BCUT2D eigenvalue weighted by Gasteiger charge is 2.03. The Morgan fingerprint density at radius 2 is 2.33 bits per heavy atom. The molecule has 1 aromatic carbocycles. The number of hydrogen-bond acceptors (Lipinski definition) is 1. The topological polar surface area (TPSA) is 64.6 Å². The summed E-state index contributed by atoms with van der Waals surface area (Å²) in [7, 11) is 0. The molecule has 4 nitrogen and oxygen atoms in total. The maximum Gasteiger partial charge on any atom is 0.125 e. The summed E-state index contributed by atoms with van der Waals surface area (Å²) < 4.78 is 12.9. The van der Waals surface area contributed by atoms with Crippen LogP contribution in [0.4, 0.5) is 4.39 Å². The molecule has 0 aliphatic rings. The van der Waals surface area contributed by atoms with Crippen molar-refractivity contribution >= 4 is 10.9 Å². The van der Waals surface area contributed by atoms with Crippen molar-refractivity contribution in [3.63, 3.8) is 0 Å². The van der Waals surface area contributed by atoms with Gasteiger partial charge < -0.3 is 4.98 Å². The van der Waals surface area contributed by atoms with Gasteiger partial charge in [-0.15, -0.1) is 0 Å². The van der Waals surface area contributed by atoms with Crippen molar-refractivity contribution in [1.29, 1.82) is 0 Å². The van der Waals surface area contributed by atoms with Gasteiger partial charge in [0.2, 0.25) is 0 Å². The average Bonchev–Trinajstić information content (AvgIpc) is 2.61. The molecule has 0 amide bonds. The number of H-pyrrole nitrogens is 1. The molecule has 2 aromatic rings. The lowest BCUT2D eigenvalue weighted by Crippen LogP contribution is -1.86. The first-order chi connectivity index (χ1) is 7.31. The molecule has 0 radical (unpaired) electrons. The van der Waals surface area contributed by atoms with E-state index in [0.29, 0.717) is 13.0 Å². The second-order valence-corrected chi connectivity index (χ2v) is 3.21. The van der Waals surface area contributed by atoms with Gasteiger partial charge >= 0.3 is 0 Å². The van der Waals surface area contributed by atoms with Gasteiger partial charge in [-0.2, -0.15) is 0 Å². The SMILES string of the molecule is [N-]=[N+]=NCCc1c[nH]c2cc(F)ccc12. The van der Waals surface area contributed by atoms with Crippen LogP contribution in [0, 0.1) is 5.82 Å². The predicted molar refractivity (Wildman–Crippen MR) is 56.0 cm³/mol. The summed E-state index contributed by atoms with van der Waals surface area (Å²) in [5.74, 6) is -0.258. The molecule has 0 saturated heterocycles. The zero-order chi connectivity index (χ0) is 10.7. The third-order valence-electron chi connectivity index (χ3n) is 2.27. The maximum absolute atomic E-state index is 12.9. The minimum atomic E-state index is -0.258. The third kappa shape index (κ3) is 1.92. The summed E-state index contributed by atoms with van der Waals surface area (Å²) in [5.41, 5.74) is 9.95. The minimum absolute atomic E-state index is 0.258. The van der Waals surface area contributed by atoms with Crippen molar-refractivity contribution in [2.24, 2.45) is 5.11 Å². The van der Waals surface area contributed by atoms with E-state index >= 15 is 0 Å². The van der Waals surface area contributed by atoms with Gasteiger partial charge in [0, 0.05) is 28.6 Å². The Hall–Kier alpha value is -2.00. The van der Waals surface area contributed by atoms with Gasteiger partial charge in [0.25, 0.3) is 0 Å². The number of aromatic nitrogens is 1. The molecule has 2 rings (SSSR count). The van der Waals surface area contributed by atoms with Gasteiger partial charge in [-0.25, -0.2) is 4.39 Å². The molecule has 0 aliphatic carbocycles. The number of benzene rings is 1. The normalized spacial score (nSPS) is 10.2. The molecule has 1 heterocycles. The van der Waals surface area contributed by atoms with Crippen LogP contribution in [0.5, 0.6) is 0 Å². The molecule has 0 saturated carbocycles. The highest BCUT2D eigenvalue weighted by atomic mass is 19.1. The monoisotopic (exact) mass is 204 g/mol. The Morgan fingerprint density at radius 3 is 3.13 bits per heavy atom. The lowest BCUT2D eigenvalue weighted by Gasteiger charge is -1.95. The fourth-order valence-electron chi connectivity index (χ4n) is 1.58. The van der Waals surface area contributed by atoms with E-state index in [9.17, 15) is 4.39 Å². The van der Waals surface area contributed by atoms with Crippen LogP contribution in [0.2, 0.25) is 0 Å². The fourth-order valence-corrected chi connectivity index (χ4v) is 1.58. The zero-order valence-corrected chi connectivity index (χ0v) is 7.94. The van der Waals surface area contributed by atoms with Crippen LogP contribution in [-0.2, 0) is 6.42 Å². The highest BCUT2D eigenvalue weighted by Crippen LogP contribution is 2.19. The van der Waals surface area contributed by atoms with Crippen LogP contribution >= 0.6 is 0 Å². The number of nitrogens with zero attached hydrogens (tertiary/aromatic N) is 3. The standard InChI is InChI=1S/C10H9FN4/c11-8-1-2-9-7(3-4-14-15-12)6-13-10(9)5-8/h1-2,5-6,13H,3-4H2. The summed E-state index contributed by atoms with van der Waals surface area (Å²) in [6.07, 6.45) is 2.48. The second-order valence-electron chi connectivity index (χ2n) is 3.21. The van der Waals surface area contributed by atoms with Crippen molar-refractivity contribution in [3.05, 3.63) is 46.2 Å². The molecular weight excluding hydrogens is 195 g/mol. The highest BCUT2D eigenvalue weighted by molar-refractivity contribution is 5.83. The first-order valence-electron chi connectivity index (χ1n) is 4.57. The number of halogens is 1. The largest absolute Gasteiger partial charge is 0.361 e. The van der Waals surface area contributed by atoms with Crippen LogP contribution in [0.3, 0.4) is 0 Å². The van der Waals surface area contributed by atoms with E-state index in [2.05, 4.69) is 15.0 Å². The molecule has 0 bridgehead atoms. The minimum Gasteiger partial charge on any atom is -0.361 e. The molecule has 5 heteroatoms. The van der Waals surface area contributed by atoms with E-state index < -0.39 is 0 Å². The first kappa shape index (κ1) is 9.55. The lowest BCUT2D eigenvalue weighted by atomic mass is 10.1. The molecule has 0 unspecified atom stereocenters. The van der Waals surface area contributed by atoms with E-state index in [4.69, 9.17) is 5.53 Å². The fraction of sp³-hybridized carbons (Fsp3) is 0.200. The third-order valence-corrected chi connectivity index (χ3v) is 2.27. The molecule has 15 heavy (non-hydrogen) atoms. The summed E-state index contributed by atoms with van der Waals surface area (Å²) in [4.78, 5) is 5.67. The number of hydrogen-bond donors (Lipinski definition) is 1. The predicted octanol–water partition coefficient (Wildman–Crippen LogP) is 3.16. The Balaban J connectivity index is 2.32. The average molecular weight is 204 g/mol. The van der Waals surface area contributed by atoms with Crippen LogP contribution in [0.25, 0.3) is 21.3 Å². The molecule has 0 spiro atoms. The van der Waals surface area contributed by atoms with E-state index in [1.54, 1.807) is 6.07 Å². The smallest absolute Gasteiger partial charge is 0.125 e. The molecule has 0 fully saturated rings. The molecule has 1 aromatic heterocycles. The van der Waals surface area contributed by atoms with Crippen molar-refractivity contribution in [2.45, 2.75) is 6.42 Å². The molecule has 0 aliphatic heterocycles. The van der Waals surface area contributed by atoms with Crippen LogP contribution < -0.4 is 0 Å². The molecule has 0 atom stereocenters. The zero-order valence-electron chi connectivity index (χ0n) is 7.94. The second kappa shape index (κ2) is 4.02. The van der Waals surface area contributed by atoms with Gasteiger partial charge in [0.1, 0.15) is 5.82 Å². The first-order valence-corrected chi connectivity index (χ1v) is 4.57. The van der Waals surface area contributed by atoms with Gasteiger partial charge in [-0.3, -0.25) is 0 Å². The molecular formula is C10H9FN4. The lowest BCUT2D eigenvalue weighted by molar-refractivity contribution is 0.629. The summed E-state index contributed by atoms with van der Waals surface area (Å²) in [6.45, 7) is 0.417. The van der Waals surface area contributed by atoms with Crippen LogP contribution in [0.1, 0.15) is 5.56 Å². The summed E-state index contributed by atoms with van der Waals surface area (Å²) in [6, 6.07) is 4.60. The van der Waals surface area contributed by atoms with Crippen LogP contribution in [0.15, 0.2) is 29.5 Å². The number of rotatable bonds is 3. The quantitative estimate of drug-likeness (QED) is 0.453. The van der Waals surface area contributed by atoms with Crippen LogP contribution in [-0.4, -0.2) is 11.5 Å². The maximum atomic E-state index is 12.9. The van der Waals surface area contributed by atoms with E-state index in [-0.39, 0.29) is 5.82 Å². The van der Waals surface area contributed by atoms with Crippen molar-refractivity contribution in [2.75, 3.05) is 6.54 Å².